The fraction of sp³-hybridized carbons (Fsp3) is 0.455. The van der Waals surface area contributed by atoms with Gasteiger partial charge in [0.2, 0.25) is 0 Å². The Bertz CT molecular complexity index is 360. The smallest absolute Gasteiger partial charge is 0.269 e. The Balaban J connectivity index is 2.72. The Kier molecular flexibility index (Phi) is 3.84. The van der Waals surface area contributed by atoms with Crippen LogP contribution in [-0.4, -0.2) is 24.2 Å². The van der Waals surface area contributed by atoms with Crippen LogP contribution in [0.3, 0.4) is 0 Å². The van der Waals surface area contributed by atoms with Crippen LogP contribution < -0.4 is 5.32 Å². The number of methoxy groups -OCH3 is 1. The van der Waals surface area contributed by atoms with Gasteiger partial charge in [0.15, 0.2) is 0 Å². The number of rotatable bonds is 5. The van der Waals surface area contributed by atoms with Crippen molar-refractivity contribution >= 4 is 11.4 Å². The molecule has 5 nitrogen and oxygen atoms in total. The minimum Gasteiger partial charge on any atom is -0.382 e. The number of non-ortho nitro benzene ring substituents is 1. The lowest BCUT2D eigenvalue weighted by Crippen LogP contribution is -2.35. The fourth-order valence-electron chi connectivity index (χ4n) is 1.45. The lowest BCUT2D eigenvalue weighted by atomic mass is 10.1. The van der Waals surface area contributed by atoms with Gasteiger partial charge in [-0.15, -0.1) is 0 Å². The molecule has 0 heterocycles. The molecule has 0 bridgehead atoms. The van der Waals surface area contributed by atoms with Gasteiger partial charge in [0.05, 0.1) is 17.1 Å². The van der Waals surface area contributed by atoms with Crippen molar-refractivity contribution in [2.75, 3.05) is 19.0 Å². The zero-order valence-corrected chi connectivity index (χ0v) is 9.69. The molecule has 0 aliphatic carbocycles. The van der Waals surface area contributed by atoms with E-state index in [0.717, 1.165) is 5.69 Å². The van der Waals surface area contributed by atoms with E-state index in [1.807, 2.05) is 13.8 Å². The fourth-order valence-corrected chi connectivity index (χ4v) is 1.45. The van der Waals surface area contributed by atoms with Crippen molar-refractivity contribution in [1.82, 2.24) is 0 Å². The molecule has 0 atom stereocenters. The van der Waals surface area contributed by atoms with Crippen molar-refractivity contribution in [1.29, 1.82) is 0 Å². The van der Waals surface area contributed by atoms with E-state index in [1.165, 1.54) is 12.1 Å². The predicted molar refractivity (Wildman–Crippen MR) is 62.7 cm³/mol. The van der Waals surface area contributed by atoms with E-state index in [4.69, 9.17) is 4.74 Å². The lowest BCUT2D eigenvalue weighted by Gasteiger charge is -2.26. The van der Waals surface area contributed by atoms with Crippen molar-refractivity contribution in [3.8, 4) is 0 Å². The molecule has 88 valence electrons. The highest BCUT2D eigenvalue weighted by Crippen LogP contribution is 2.19. The summed E-state index contributed by atoms with van der Waals surface area (Å²) in [5.41, 5.74) is 0.730. The summed E-state index contributed by atoms with van der Waals surface area (Å²) in [5, 5.41) is 13.7. The van der Waals surface area contributed by atoms with Crippen LogP contribution in [0.5, 0.6) is 0 Å². The van der Waals surface area contributed by atoms with Gasteiger partial charge < -0.3 is 10.1 Å². The third kappa shape index (κ3) is 3.51. The number of nitro groups is 1. The van der Waals surface area contributed by atoms with E-state index in [9.17, 15) is 10.1 Å². The Hall–Kier alpha value is -1.62. The molecular weight excluding hydrogens is 208 g/mol. The zero-order valence-electron chi connectivity index (χ0n) is 9.69. The summed E-state index contributed by atoms with van der Waals surface area (Å²) in [6.45, 7) is 4.56. The molecule has 1 rings (SSSR count). The number of hydrogen-bond donors (Lipinski definition) is 1. The molecule has 0 unspecified atom stereocenters. The largest absolute Gasteiger partial charge is 0.382 e. The quantitative estimate of drug-likeness (QED) is 0.616. The Morgan fingerprint density at radius 1 is 1.38 bits per heavy atom. The zero-order chi connectivity index (χ0) is 12.2. The van der Waals surface area contributed by atoms with Gasteiger partial charge in [0.1, 0.15) is 0 Å². The topological polar surface area (TPSA) is 64.4 Å². The van der Waals surface area contributed by atoms with Crippen molar-refractivity contribution in [2.45, 2.75) is 19.4 Å². The number of hydrogen-bond acceptors (Lipinski definition) is 4. The second-order valence-corrected chi connectivity index (χ2v) is 4.25. The standard InChI is InChI=1S/C11H16N2O3/c1-11(2,8-16-3)12-9-4-6-10(7-5-9)13(14)15/h4-7,12H,8H2,1-3H3. The minimum absolute atomic E-state index is 0.0927. The predicted octanol–water partition coefficient (Wildman–Crippen LogP) is 2.43. The third-order valence-electron chi connectivity index (χ3n) is 2.07. The first kappa shape index (κ1) is 12.4. The van der Waals surface area contributed by atoms with Gasteiger partial charge in [-0.2, -0.15) is 0 Å². The Morgan fingerprint density at radius 3 is 2.38 bits per heavy atom. The van der Waals surface area contributed by atoms with Crippen LogP contribution in [-0.2, 0) is 4.74 Å². The number of anilines is 1. The van der Waals surface area contributed by atoms with Crippen molar-refractivity contribution in [2.24, 2.45) is 0 Å². The van der Waals surface area contributed by atoms with Crippen molar-refractivity contribution < 1.29 is 9.66 Å². The van der Waals surface area contributed by atoms with Gasteiger partial charge in [-0.05, 0) is 26.0 Å². The van der Waals surface area contributed by atoms with E-state index in [-0.39, 0.29) is 11.2 Å². The van der Waals surface area contributed by atoms with Crippen LogP contribution in [0, 0.1) is 10.1 Å². The van der Waals surface area contributed by atoms with E-state index >= 15 is 0 Å². The van der Waals surface area contributed by atoms with Crippen molar-refractivity contribution in [3.63, 3.8) is 0 Å². The average molecular weight is 224 g/mol. The number of nitro benzene ring substituents is 1. The number of nitrogens with one attached hydrogen (secondary N) is 1. The normalized spacial score (nSPS) is 11.2. The summed E-state index contributed by atoms with van der Waals surface area (Å²) < 4.78 is 5.07. The highest BCUT2D eigenvalue weighted by Gasteiger charge is 2.17. The van der Waals surface area contributed by atoms with E-state index in [2.05, 4.69) is 5.32 Å². The first-order chi connectivity index (χ1) is 7.44. The average Bonchev–Trinajstić information content (AvgIpc) is 2.17. The minimum atomic E-state index is -0.413. The van der Waals surface area contributed by atoms with Crippen LogP contribution in [0.1, 0.15) is 13.8 Å². The van der Waals surface area contributed by atoms with E-state index in [0.29, 0.717) is 6.61 Å². The molecule has 0 saturated heterocycles. The monoisotopic (exact) mass is 224 g/mol. The Labute approximate surface area is 94.6 Å². The van der Waals surface area contributed by atoms with Gasteiger partial charge in [0, 0.05) is 24.9 Å². The van der Waals surface area contributed by atoms with Gasteiger partial charge in [-0.1, -0.05) is 0 Å². The number of benzene rings is 1. The van der Waals surface area contributed by atoms with Crippen LogP contribution >= 0.6 is 0 Å². The molecule has 0 spiro atoms. The summed E-state index contributed by atoms with van der Waals surface area (Å²) in [4.78, 5) is 10.1. The summed E-state index contributed by atoms with van der Waals surface area (Å²) in [5.74, 6) is 0. The maximum atomic E-state index is 10.5. The molecule has 1 aromatic rings. The number of ether oxygens (including phenoxy) is 1. The molecule has 0 radical (unpaired) electrons. The maximum Gasteiger partial charge on any atom is 0.269 e. The molecule has 0 aliphatic heterocycles. The second-order valence-electron chi connectivity index (χ2n) is 4.25. The summed E-state index contributed by atoms with van der Waals surface area (Å²) in [6, 6.07) is 6.33. The van der Waals surface area contributed by atoms with E-state index < -0.39 is 4.92 Å². The van der Waals surface area contributed by atoms with E-state index in [1.54, 1.807) is 19.2 Å². The molecule has 5 heteroatoms. The van der Waals surface area contributed by atoms with Crippen LogP contribution in [0.25, 0.3) is 0 Å². The molecule has 16 heavy (non-hydrogen) atoms. The molecule has 1 N–H and O–H groups in total. The lowest BCUT2D eigenvalue weighted by molar-refractivity contribution is -0.384. The molecule has 0 amide bonds. The maximum absolute atomic E-state index is 10.5. The highest BCUT2D eigenvalue weighted by molar-refractivity contribution is 5.49. The Morgan fingerprint density at radius 2 is 1.94 bits per heavy atom. The summed E-state index contributed by atoms with van der Waals surface area (Å²) >= 11 is 0. The molecule has 0 aromatic heterocycles. The first-order valence-corrected chi connectivity index (χ1v) is 4.96. The van der Waals surface area contributed by atoms with Crippen LogP contribution in [0.15, 0.2) is 24.3 Å². The first-order valence-electron chi connectivity index (χ1n) is 4.96. The molecule has 0 aliphatic rings. The molecule has 0 fully saturated rings. The SMILES string of the molecule is COCC(C)(C)Nc1ccc([N+](=O)[O-])cc1. The molecule has 1 aromatic carbocycles. The van der Waals surface area contributed by atoms with Gasteiger partial charge in [-0.3, -0.25) is 10.1 Å². The molecule has 0 saturated carbocycles. The van der Waals surface area contributed by atoms with Crippen LogP contribution in [0.4, 0.5) is 11.4 Å². The molecular formula is C11H16N2O3. The summed E-state index contributed by atoms with van der Waals surface area (Å²) in [7, 11) is 1.64. The van der Waals surface area contributed by atoms with Crippen molar-refractivity contribution in [3.05, 3.63) is 34.4 Å². The van der Waals surface area contributed by atoms with Gasteiger partial charge >= 0.3 is 0 Å². The van der Waals surface area contributed by atoms with Gasteiger partial charge in [-0.25, -0.2) is 0 Å². The second kappa shape index (κ2) is 4.94. The highest BCUT2D eigenvalue weighted by atomic mass is 16.6. The number of nitrogens with zero attached hydrogens (tertiary/aromatic N) is 1. The van der Waals surface area contributed by atoms with Crippen LogP contribution in [0.2, 0.25) is 0 Å². The third-order valence-corrected chi connectivity index (χ3v) is 2.07. The summed E-state index contributed by atoms with van der Waals surface area (Å²) in [6.07, 6.45) is 0. The van der Waals surface area contributed by atoms with Gasteiger partial charge in [0.25, 0.3) is 5.69 Å².